The topological polar surface area (TPSA) is 88.4 Å². The van der Waals surface area contributed by atoms with Crippen LogP contribution in [0.15, 0.2) is 42.0 Å². The van der Waals surface area contributed by atoms with Crippen molar-refractivity contribution in [1.82, 2.24) is 0 Å². The molecule has 144 valence electrons. The zero-order chi connectivity index (χ0) is 20.7. The summed E-state index contributed by atoms with van der Waals surface area (Å²) >= 11 is 12.2. The van der Waals surface area contributed by atoms with E-state index in [1.165, 1.54) is 43.5 Å². The standard InChI is InChI=1S/C20H16Cl2N2O4/c1-3-28-18-13(9-15(21)10-17(18)22)8-14(11-23)19(25)24-16-6-4-12(5-7-16)20(26)27-2/h4-10H,3H2,1-2H3,(H,24,25)/b14-8+. The first-order valence-corrected chi connectivity index (χ1v) is 8.88. The lowest BCUT2D eigenvalue weighted by atomic mass is 10.1. The molecule has 0 spiro atoms. The van der Waals surface area contributed by atoms with Crippen LogP contribution >= 0.6 is 23.2 Å². The first-order valence-electron chi connectivity index (χ1n) is 8.13. The minimum absolute atomic E-state index is 0.170. The van der Waals surface area contributed by atoms with E-state index < -0.39 is 11.9 Å². The quantitative estimate of drug-likeness (QED) is 0.416. The molecule has 2 rings (SSSR count). The van der Waals surface area contributed by atoms with E-state index in [0.717, 1.165) is 0 Å². The summed E-state index contributed by atoms with van der Waals surface area (Å²) in [6.45, 7) is 2.14. The molecule has 1 amide bonds. The van der Waals surface area contributed by atoms with Gasteiger partial charge < -0.3 is 14.8 Å². The molecule has 0 atom stereocenters. The van der Waals surface area contributed by atoms with Crippen molar-refractivity contribution in [3.05, 3.63) is 63.1 Å². The molecule has 28 heavy (non-hydrogen) atoms. The number of rotatable bonds is 6. The van der Waals surface area contributed by atoms with Gasteiger partial charge in [0.25, 0.3) is 5.91 Å². The number of methoxy groups -OCH3 is 1. The number of halogens is 2. The van der Waals surface area contributed by atoms with E-state index in [-0.39, 0.29) is 10.6 Å². The molecule has 0 fully saturated rings. The highest BCUT2D eigenvalue weighted by Gasteiger charge is 2.14. The maximum Gasteiger partial charge on any atom is 0.337 e. The lowest BCUT2D eigenvalue weighted by Crippen LogP contribution is -2.13. The molecule has 8 heteroatoms. The predicted molar refractivity (Wildman–Crippen MR) is 108 cm³/mol. The Kier molecular flexibility index (Phi) is 7.44. The average molecular weight is 419 g/mol. The fourth-order valence-corrected chi connectivity index (χ4v) is 2.86. The van der Waals surface area contributed by atoms with Crippen LogP contribution in [0.4, 0.5) is 5.69 Å². The van der Waals surface area contributed by atoms with Crippen molar-refractivity contribution < 1.29 is 19.1 Å². The van der Waals surface area contributed by atoms with Crippen LogP contribution in [0, 0.1) is 11.3 Å². The number of ether oxygens (including phenoxy) is 2. The van der Waals surface area contributed by atoms with Crippen LogP contribution in [-0.4, -0.2) is 25.6 Å². The highest BCUT2D eigenvalue weighted by molar-refractivity contribution is 6.36. The SMILES string of the molecule is CCOc1c(Cl)cc(Cl)cc1/C=C(\C#N)C(=O)Nc1ccc(C(=O)OC)cc1. The molecular weight excluding hydrogens is 403 g/mol. The molecule has 0 bridgehead atoms. The average Bonchev–Trinajstić information content (AvgIpc) is 2.68. The van der Waals surface area contributed by atoms with Gasteiger partial charge in [-0.1, -0.05) is 23.2 Å². The van der Waals surface area contributed by atoms with Crippen LogP contribution in [0.2, 0.25) is 10.0 Å². The molecule has 0 radical (unpaired) electrons. The Morgan fingerprint density at radius 2 is 1.89 bits per heavy atom. The number of amides is 1. The van der Waals surface area contributed by atoms with E-state index in [1.807, 2.05) is 6.07 Å². The fourth-order valence-electron chi connectivity index (χ4n) is 2.29. The molecule has 0 unspecified atom stereocenters. The Bertz CT molecular complexity index is 963. The highest BCUT2D eigenvalue weighted by Crippen LogP contribution is 2.34. The highest BCUT2D eigenvalue weighted by atomic mass is 35.5. The summed E-state index contributed by atoms with van der Waals surface area (Å²) in [6, 6.07) is 11.0. The van der Waals surface area contributed by atoms with Gasteiger partial charge in [-0.2, -0.15) is 5.26 Å². The zero-order valence-electron chi connectivity index (χ0n) is 15.1. The van der Waals surface area contributed by atoms with Crippen LogP contribution in [0.3, 0.4) is 0 Å². The van der Waals surface area contributed by atoms with Gasteiger partial charge in [-0.3, -0.25) is 4.79 Å². The van der Waals surface area contributed by atoms with Gasteiger partial charge in [0.15, 0.2) is 0 Å². The number of nitrogens with one attached hydrogen (secondary N) is 1. The number of nitrogens with zero attached hydrogens (tertiary/aromatic N) is 1. The van der Waals surface area contributed by atoms with Crippen molar-refractivity contribution in [2.24, 2.45) is 0 Å². The van der Waals surface area contributed by atoms with E-state index in [0.29, 0.717) is 34.2 Å². The van der Waals surface area contributed by atoms with Crippen LogP contribution in [-0.2, 0) is 9.53 Å². The van der Waals surface area contributed by atoms with Crippen molar-refractivity contribution >= 4 is 46.8 Å². The summed E-state index contributed by atoms with van der Waals surface area (Å²) in [5.41, 5.74) is 0.989. The third-order valence-corrected chi connectivity index (χ3v) is 4.05. The Hall–Kier alpha value is -3.01. The minimum atomic E-state index is -0.633. The normalized spacial score (nSPS) is 10.8. The van der Waals surface area contributed by atoms with Crippen molar-refractivity contribution in [3.63, 3.8) is 0 Å². The number of hydrogen-bond donors (Lipinski definition) is 1. The molecule has 1 N–H and O–H groups in total. The molecule has 0 aromatic heterocycles. The monoisotopic (exact) mass is 418 g/mol. The van der Waals surface area contributed by atoms with Crippen molar-refractivity contribution in [3.8, 4) is 11.8 Å². The second kappa shape index (κ2) is 9.79. The van der Waals surface area contributed by atoms with Crippen molar-refractivity contribution in [2.45, 2.75) is 6.92 Å². The molecule has 0 heterocycles. The summed E-state index contributed by atoms with van der Waals surface area (Å²) in [4.78, 5) is 23.9. The molecule has 0 aliphatic carbocycles. The maximum atomic E-state index is 12.5. The Morgan fingerprint density at radius 3 is 2.46 bits per heavy atom. The smallest absolute Gasteiger partial charge is 0.337 e. The van der Waals surface area contributed by atoms with Gasteiger partial charge in [0.05, 0.1) is 24.3 Å². The summed E-state index contributed by atoms with van der Waals surface area (Å²) in [7, 11) is 1.28. The van der Waals surface area contributed by atoms with Gasteiger partial charge in [-0.25, -0.2) is 4.79 Å². The number of hydrogen-bond acceptors (Lipinski definition) is 5. The van der Waals surface area contributed by atoms with Crippen LogP contribution in [0.1, 0.15) is 22.8 Å². The molecule has 2 aromatic carbocycles. The lowest BCUT2D eigenvalue weighted by molar-refractivity contribution is -0.112. The number of nitriles is 1. The summed E-state index contributed by atoms with van der Waals surface area (Å²) < 4.78 is 10.1. The molecular formula is C20H16Cl2N2O4. The van der Waals surface area contributed by atoms with Crippen LogP contribution in [0.5, 0.6) is 5.75 Å². The maximum absolute atomic E-state index is 12.5. The van der Waals surface area contributed by atoms with E-state index in [1.54, 1.807) is 13.0 Å². The number of carbonyl (C=O) groups is 2. The van der Waals surface area contributed by atoms with Crippen LogP contribution in [0.25, 0.3) is 6.08 Å². The first-order chi connectivity index (χ1) is 13.4. The second-order valence-electron chi connectivity index (χ2n) is 5.43. The number of carbonyl (C=O) groups excluding carboxylic acids is 2. The number of esters is 1. The zero-order valence-corrected chi connectivity index (χ0v) is 16.6. The molecule has 0 saturated heterocycles. The summed E-state index contributed by atoms with van der Waals surface area (Å²) in [5, 5.41) is 12.6. The van der Waals surface area contributed by atoms with E-state index in [9.17, 15) is 14.9 Å². The molecule has 6 nitrogen and oxygen atoms in total. The third kappa shape index (κ3) is 5.26. The Morgan fingerprint density at radius 1 is 1.21 bits per heavy atom. The lowest BCUT2D eigenvalue weighted by Gasteiger charge is -2.11. The van der Waals surface area contributed by atoms with Crippen molar-refractivity contribution in [2.75, 3.05) is 19.0 Å². The third-order valence-electron chi connectivity index (χ3n) is 3.55. The largest absolute Gasteiger partial charge is 0.492 e. The van der Waals surface area contributed by atoms with Gasteiger partial charge in [0.2, 0.25) is 0 Å². The first kappa shape index (κ1) is 21.3. The second-order valence-corrected chi connectivity index (χ2v) is 6.28. The predicted octanol–water partition coefficient (Wildman–Crippen LogP) is 4.72. The van der Waals surface area contributed by atoms with E-state index in [4.69, 9.17) is 27.9 Å². The number of benzene rings is 2. The van der Waals surface area contributed by atoms with Gasteiger partial charge in [0.1, 0.15) is 17.4 Å². The van der Waals surface area contributed by atoms with E-state index in [2.05, 4.69) is 10.1 Å². The van der Waals surface area contributed by atoms with E-state index >= 15 is 0 Å². The van der Waals surface area contributed by atoms with Crippen LogP contribution < -0.4 is 10.1 Å². The van der Waals surface area contributed by atoms with Gasteiger partial charge in [0, 0.05) is 16.3 Å². The minimum Gasteiger partial charge on any atom is -0.492 e. The Balaban J connectivity index is 2.29. The summed E-state index contributed by atoms with van der Waals surface area (Å²) in [6.07, 6.45) is 1.35. The van der Waals surface area contributed by atoms with Gasteiger partial charge in [-0.05, 0) is 49.4 Å². The number of anilines is 1. The van der Waals surface area contributed by atoms with Gasteiger partial charge >= 0.3 is 5.97 Å². The van der Waals surface area contributed by atoms with Crippen molar-refractivity contribution in [1.29, 1.82) is 5.26 Å². The van der Waals surface area contributed by atoms with Gasteiger partial charge in [-0.15, -0.1) is 0 Å². The Labute approximate surface area is 172 Å². The fraction of sp³-hybridized carbons (Fsp3) is 0.150. The summed E-state index contributed by atoms with van der Waals surface area (Å²) in [5.74, 6) is -0.791. The molecule has 2 aromatic rings. The molecule has 0 aliphatic rings. The molecule has 0 saturated carbocycles. The molecule has 0 aliphatic heterocycles.